The Hall–Kier alpha value is -2.67. The minimum atomic E-state index is -0.395. The van der Waals surface area contributed by atoms with Gasteiger partial charge in [-0.3, -0.25) is 9.59 Å². The lowest BCUT2D eigenvalue weighted by atomic mass is 9.89. The van der Waals surface area contributed by atoms with Gasteiger partial charge in [0, 0.05) is 54.9 Å². The SMILES string of the molecule is C[C@@H]1CCc2ncnc(N3CCN(C(=O)C(c4ccc(Cl)cc4)[C@H]4CCC(=O)N4)CC3)c21. The lowest BCUT2D eigenvalue weighted by Crippen LogP contribution is -2.52. The van der Waals surface area contributed by atoms with Gasteiger partial charge in [0.15, 0.2) is 0 Å². The van der Waals surface area contributed by atoms with Gasteiger partial charge in [-0.15, -0.1) is 0 Å². The molecule has 8 heteroatoms. The molecule has 1 N–H and O–H groups in total. The summed E-state index contributed by atoms with van der Waals surface area (Å²) >= 11 is 6.07. The molecule has 3 heterocycles. The van der Waals surface area contributed by atoms with Crippen LogP contribution in [0.4, 0.5) is 5.82 Å². The van der Waals surface area contributed by atoms with Crippen molar-refractivity contribution in [1.29, 1.82) is 0 Å². The highest BCUT2D eigenvalue weighted by Crippen LogP contribution is 2.37. The largest absolute Gasteiger partial charge is 0.353 e. The van der Waals surface area contributed by atoms with Gasteiger partial charge in [-0.2, -0.15) is 0 Å². The molecule has 5 rings (SSSR count). The zero-order valence-corrected chi connectivity index (χ0v) is 19.0. The molecule has 1 aromatic heterocycles. The van der Waals surface area contributed by atoms with E-state index in [1.165, 1.54) is 11.3 Å². The number of benzene rings is 1. The fourth-order valence-electron chi connectivity index (χ4n) is 5.32. The number of rotatable bonds is 4. The van der Waals surface area contributed by atoms with Crippen LogP contribution in [0.5, 0.6) is 0 Å². The molecule has 2 amide bonds. The van der Waals surface area contributed by atoms with Crippen LogP contribution in [0.25, 0.3) is 0 Å². The van der Waals surface area contributed by atoms with Gasteiger partial charge >= 0.3 is 0 Å². The van der Waals surface area contributed by atoms with E-state index in [0.717, 1.165) is 37.3 Å². The Kier molecular flexibility index (Phi) is 5.76. The molecule has 0 radical (unpaired) electrons. The third-order valence-electron chi connectivity index (χ3n) is 7.07. The van der Waals surface area contributed by atoms with E-state index in [9.17, 15) is 9.59 Å². The molecule has 2 aliphatic heterocycles. The zero-order chi connectivity index (χ0) is 22.2. The number of anilines is 1. The summed E-state index contributed by atoms with van der Waals surface area (Å²) in [6.45, 7) is 5.00. The molecule has 0 spiro atoms. The van der Waals surface area contributed by atoms with Crippen molar-refractivity contribution >= 4 is 29.2 Å². The first-order chi connectivity index (χ1) is 15.5. The molecule has 168 valence electrons. The molecule has 1 aromatic carbocycles. The Balaban J connectivity index is 1.33. The predicted molar refractivity (Wildman–Crippen MR) is 123 cm³/mol. The second-order valence-electron chi connectivity index (χ2n) is 9.05. The first-order valence-electron chi connectivity index (χ1n) is 11.4. The summed E-state index contributed by atoms with van der Waals surface area (Å²) in [6, 6.07) is 7.24. The summed E-state index contributed by atoms with van der Waals surface area (Å²) in [5, 5.41) is 3.64. The van der Waals surface area contributed by atoms with Crippen molar-refractivity contribution in [2.45, 2.75) is 50.5 Å². The number of amides is 2. The fourth-order valence-corrected chi connectivity index (χ4v) is 5.44. The zero-order valence-electron chi connectivity index (χ0n) is 18.3. The number of hydrogen-bond donors (Lipinski definition) is 1. The molecule has 3 aliphatic rings. The highest BCUT2D eigenvalue weighted by molar-refractivity contribution is 6.30. The van der Waals surface area contributed by atoms with Gasteiger partial charge in [-0.05, 0) is 42.9 Å². The van der Waals surface area contributed by atoms with Gasteiger partial charge in [0.05, 0.1) is 5.92 Å². The summed E-state index contributed by atoms with van der Waals surface area (Å²) in [7, 11) is 0. The number of piperazine rings is 1. The van der Waals surface area contributed by atoms with Crippen molar-refractivity contribution in [3.05, 3.63) is 52.4 Å². The van der Waals surface area contributed by atoms with Gasteiger partial charge in [0.1, 0.15) is 12.1 Å². The number of halogens is 1. The van der Waals surface area contributed by atoms with Crippen LogP contribution in [0, 0.1) is 0 Å². The number of fused-ring (bicyclic) bond motifs is 1. The summed E-state index contributed by atoms with van der Waals surface area (Å²) in [4.78, 5) is 38.9. The quantitative estimate of drug-likeness (QED) is 0.770. The van der Waals surface area contributed by atoms with Crippen molar-refractivity contribution in [2.75, 3.05) is 31.1 Å². The number of carbonyl (C=O) groups is 2. The number of nitrogens with one attached hydrogen (secondary N) is 1. The van der Waals surface area contributed by atoms with Crippen molar-refractivity contribution < 1.29 is 9.59 Å². The average molecular weight is 454 g/mol. The smallest absolute Gasteiger partial charge is 0.232 e. The topological polar surface area (TPSA) is 78.4 Å². The van der Waals surface area contributed by atoms with E-state index in [0.29, 0.717) is 36.9 Å². The molecule has 3 atom stereocenters. The second kappa shape index (κ2) is 8.70. The molecule has 1 aliphatic carbocycles. The Morgan fingerprint density at radius 2 is 1.84 bits per heavy atom. The van der Waals surface area contributed by atoms with Crippen molar-refractivity contribution in [2.24, 2.45) is 0 Å². The van der Waals surface area contributed by atoms with Crippen LogP contribution in [0.15, 0.2) is 30.6 Å². The number of aryl methyl sites for hydroxylation is 1. The molecule has 7 nitrogen and oxygen atoms in total. The van der Waals surface area contributed by atoms with Crippen molar-refractivity contribution in [3.63, 3.8) is 0 Å². The van der Waals surface area contributed by atoms with E-state index in [4.69, 9.17) is 11.6 Å². The molecule has 32 heavy (non-hydrogen) atoms. The van der Waals surface area contributed by atoms with Crippen LogP contribution < -0.4 is 10.2 Å². The summed E-state index contributed by atoms with van der Waals surface area (Å²) in [6.07, 6.45) is 4.94. The Morgan fingerprint density at radius 1 is 1.09 bits per heavy atom. The van der Waals surface area contributed by atoms with Gasteiger partial charge in [0.25, 0.3) is 0 Å². The summed E-state index contributed by atoms with van der Waals surface area (Å²) in [5.74, 6) is 1.19. The molecular formula is C24H28ClN5O2. The van der Waals surface area contributed by atoms with E-state index in [1.807, 2.05) is 29.2 Å². The molecule has 1 unspecified atom stereocenters. The van der Waals surface area contributed by atoms with E-state index in [1.54, 1.807) is 6.33 Å². The summed E-state index contributed by atoms with van der Waals surface area (Å²) in [5.41, 5.74) is 3.34. The Morgan fingerprint density at radius 3 is 2.53 bits per heavy atom. The highest BCUT2D eigenvalue weighted by Gasteiger charge is 2.38. The molecule has 2 saturated heterocycles. The first-order valence-corrected chi connectivity index (χ1v) is 11.8. The molecule has 2 aromatic rings. The lowest BCUT2D eigenvalue weighted by Gasteiger charge is -2.38. The van der Waals surface area contributed by atoms with Crippen LogP contribution in [0.2, 0.25) is 5.02 Å². The maximum absolute atomic E-state index is 13.7. The molecule has 0 saturated carbocycles. The van der Waals surface area contributed by atoms with Crippen molar-refractivity contribution in [1.82, 2.24) is 20.2 Å². The predicted octanol–water partition coefficient (Wildman–Crippen LogP) is 2.89. The standard InChI is InChI=1S/C24H28ClN5O2/c1-15-2-7-18-21(15)23(27-14-26-18)29-10-12-30(13-11-29)24(32)22(19-8-9-20(31)28-19)16-3-5-17(25)6-4-16/h3-6,14-15,19,22H,2,7-13H2,1H3,(H,28,31)/t15-,19-,22?/m1/s1. The normalized spacial score (nSPS) is 23.8. The monoisotopic (exact) mass is 453 g/mol. The number of aromatic nitrogens is 2. The maximum atomic E-state index is 13.7. The Labute approximate surface area is 193 Å². The van der Waals surface area contributed by atoms with E-state index in [2.05, 4.69) is 27.1 Å². The van der Waals surface area contributed by atoms with Crippen molar-refractivity contribution in [3.8, 4) is 0 Å². The third-order valence-corrected chi connectivity index (χ3v) is 7.32. The highest BCUT2D eigenvalue weighted by atomic mass is 35.5. The van der Waals surface area contributed by atoms with Crippen LogP contribution >= 0.6 is 11.6 Å². The summed E-state index contributed by atoms with van der Waals surface area (Å²) < 4.78 is 0. The third kappa shape index (κ3) is 3.94. The van der Waals surface area contributed by atoms with Gasteiger partial charge in [-0.1, -0.05) is 30.7 Å². The van der Waals surface area contributed by atoms with Gasteiger partial charge in [-0.25, -0.2) is 9.97 Å². The molecule has 0 bridgehead atoms. The van der Waals surface area contributed by atoms with E-state index >= 15 is 0 Å². The first kappa shape index (κ1) is 21.2. The maximum Gasteiger partial charge on any atom is 0.232 e. The number of hydrogen-bond acceptors (Lipinski definition) is 5. The number of carbonyl (C=O) groups excluding carboxylic acids is 2. The second-order valence-corrected chi connectivity index (χ2v) is 9.49. The van der Waals surface area contributed by atoms with E-state index in [-0.39, 0.29) is 17.9 Å². The van der Waals surface area contributed by atoms with Gasteiger partial charge < -0.3 is 15.1 Å². The fraction of sp³-hybridized carbons (Fsp3) is 0.500. The van der Waals surface area contributed by atoms with Crippen LogP contribution in [-0.4, -0.2) is 58.9 Å². The van der Waals surface area contributed by atoms with Crippen LogP contribution in [0.1, 0.15) is 54.8 Å². The average Bonchev–Trinajstić information content (AvgIpc) is 3.41. The number of nitrogens with zero attached hydrogens (tertiary/aromatic N) is 4. The van der Waals surface area contributed by atoms with Crippen LogP contribution in [-0.2, 0) is 16.0 Å². The molecule has 2 fully saturated rings. The minimum Gasteiger partial charge on any atom is -0.353 e. The van der Waals surface area contributed by atoms with E-state index < -0.39 is 5.92 Å². The minimum absolute atomic E-state index is 0.0123. The van der Waals surface area contributed by atoms with Gasteiger partial charge in [0.2, 0.25) is 11.8 Å². The molecular weight excluding hydrogens is 426 g/mol. The lowest BCUT2D eigenvalue weighted by molar-refractivity contribution is -0.133. The van der Waals surface area contributed by atoms with Crippen LogP contribution in [0.3, 0.4) is 0 Å². The Bertz CT molecular complexity index is 1020.